The molecule has 1 saturated carbocycles. The van der Waals surface area contributed by atoms with E-state index in [2.05, 4.69) is 20.7 Å². The van der Waals surface area contributed by atoms with Crippen molar-refractivity contribution in [1.82, 2.24) is 25.5 Å². The summed E-state index contributed by atoms with van der Waals surface area (Å²) in [5.74, 6) is -1.19. The summed E-state index contributed by atoms with van der Waals surface area (Å²) >= 11 is 0. The Balaban J connectivity index is 1.52. The Hall–Kier alpha value is -4.67. The number of hydrogen-bond donors (Lipinski definition) is 1. The van der Waals surface area contributed by atoms with Crippen LogP contribution in [0.25, 0.3) is 11.4 Å². The maximum Gasteiger partial charge on any atom is 0.251 e. The van der Waals surface area contributed by atoms with Crippen molar-refractivity contribution in [2.45, 2.75) is 50.7 Å². The second-order valence-electron chi connectivity index (χ2n) is 9.88. The van der Waals surface area contributed by atoms with Gasteiger partial charge in [0.05, 0.1) is 12.8 Å². The SMILES string of the molecule is COc1ccccc1N(C(=O)Cn1nnc(-c2ccc(F)cc2)n1)[C@@H](C(=O)NC1CCCCC1)c1ccc(F)cc1. The normalized spacial score (nSPS) is 14.3. The quantitative estimate of drug-likeness (QED) is 0.314. The number of tetrazole rings is 1. The molecule has 1 atom stereocenters. The minimum atomic E-state index is -1.14. The largest absolute Gasteiger partial charge is 0.495 e. The third kappa shape index (κ3) is 6.56. The van der Waals surface area contributed by atoms with E-state index in [1.54, 1.807) is 24.3 Å². The zero-order valence-corrected chi connectivity index (χ0v) is 22.5. The molecular formula is C30H30F2N6O3. The number of nitrogens with zero attached hydrogens (tertiary/aromatic N) is 5. The summed E-state index contributed by atoms with van der Waals surface area (Å²) < 4.78 is 32.9. The molecule has 5 rings (SSSR count). The Kier molecular flexibility index (Phi) is 8.61. The van der Waals surface area contributed by atoms with Crippen LogP contribution in [-0.2, 0) is 16.1 Å². The molecule has 1 aromatic heterocycles. The van der Waals surface area contributed by atoms with Gasteiger partial charge in [0.2, 0.25) is 11.7 Å². The zero-order chi connectivity index (χ0) is 28.8. The lowest BCUT2D eigenvalue weighted by atomic mass is 9.94. The first-order valence-electron chi connectivity index (χ1n) is 13.5. The third-order valence-corrected chi connectivity index (χ3v) is 7.09. The van der Waals surface area contributed by atoms with E-state index in [1.165, 1.54) is 60.5 Å². The average molecular weight is 561 g/mol. The summed E-state index contributed by atoms with van der Waals surface area (Å²) in [6.07, 6.45) is 4.83. The lowest BCUT2D eigenvalue weighted by Crippen LogP contribution is -2.48. The van der Waals surface area contributed by atoms with Gasteiger partial charge >= 0.3 is 0 Å². The molecule has 2 amide bonds. The monoisotopic (exact) mass is 560 g/mol. The number of benzene rings is 3. The van der Waals surface area contributed by atoms with Gasteiger partial charge in [-0.3, -0.25) is 14.5 Å². The molecule has 11 heteroatoms. The number of ether oxygens (including phenoxy) is 1. The predicted molar refractivity (Wildman–Crippen MR) is 148 cm³/mol. The Morgan fingerprint density at radius 2 is 1.63 bits per heavy atom. The number of rotatable bonds is 9. The summed E-state index contributed by atoms with van der Waals surface area (Å²) in [5, 5.41) is 15.4. The van der Waals surface area contributed by atoms with Crippen LogP contribution in [0.15, 0.2) is 72.8 Å². The number of carbonyl (C=O) groups is 2. The Labute approximate surface area is 236 Å². The highest BCUT2D eigenvalue weighted by Crippen LogP contribution is 2.35. The molecule has 1 heterocycles. The lowest BCUT2D eigenvalue weighted by molar-refractivity contribution is -0.127. The Bertz CT molecular complexity index is 1490. The first-order chi connectivity index (χ1) is 19.9. The van der Waals surface area contributed by atoms with E-state index in [1.807, 2.05) is 0 Å². The second kappa shape index (κ2) is 12.7. The van der Waals surface area contributed by atoms with Gasteiger partial charge in [-0.15, -0.1) is 10.2 Å². The van der Waals surface area contributed by atoms with Gasteiger partial charge in [-0.2, -0.15) is 4.80 Å². The van der Waals surface area contributed by atoms with Crippen LogP contribution >= 0.6 is 0 Å². The molecule has 41 heavy (non-hydrogen) atoms. The summed E-state index contributed by atoms with van der Waals surface area (Å²) in [6.45, 7) is -0.360. The van der Waals surface area contributed by atoms with Crippen LogP contribution in [0.5, 0.6) is 5.75 Å². The van der Waals surface area contributed by atoms with Crippen LogP contribution in [0.1, 0.15) is 43.7 Å². The molecule has 1 aliphatic rings. The fourth-order valence-electron chi connectivity index (χ4n) is 5.06. The standard InChI is InChI=1S/C30H30F2N6O3/c1-41-26-10-6-5-9-25(26)38(27(39)19-37-35-29(34-36-37)21-13-17-23(32)18-14-21)28(20-11-15-22(31)16-12-20)30(40)33-24-7-3-2-4-8-24/h5-6,9-18,24,28H,2-4,7-8,19H2,1H3,(H,33,40)/t28-/m1/s1. The van der Waals surface area contributed by atoms with Gasteiger partial charge in [-0.25, -0.2) is 8.78 Å². The minimum Gasteiger partial charge on any atom is -0.495 e. The highest BCUT2D eigenvalue weighted by molar-refractivity contribution is 6.02. The number of methoxy groups -OCH3 is 1. The summed E-state index contributed by atoms with van der Waals surface area (Å²) in [6, 6.07) is 16.8. The molecule has 3 aromatic carbocycles. The van der Waals surface area contributed by atoms with Crippen molar-refractivity contribution in [2.75, 3.05) is 12.0 Å². The van der Waals surface area contributed by atoms with Gasteiger partial charge in [0.25, 0.3) is 5.91 Å². The van der Waals surface area contributed by atoms with E-state index in [0.29, 0.717) is 22.6 Å². The van der Waals surface area contributed by atoms with Crippen LogP contribution in [0.2, 0.25) is 0 Å². The van der Waals surface area contributed by atoms with Crippen molar-refractivity contribution in [3.8, 4) is 17.1 Å². The fourth-order valence-corrected chi connectivity index (χ4v) is 5.06. The third-order valence-electron chi connectivity index (χ3n) is 7.09. The van der Waals surface area contributed by atoms with Gasteiger partial charge in [0, 0.05) is 11.6 Å². The van der Waals surface area contributed by atoms with E-state index in [0.717, 1.165) is 36.9 Å². The Morgan fingerprint density at radius 1 is 0.976 bits per heavy atom. The molecular weight excluding hydrogens is 530 g/mol. The number of para-hydroxylation sites is 2. The highest BCUT2D eigenvalue weighted by atomic mass is 19.1. The smallest absolute Gasteiger partial charge is 0.251 e. The zero-order valence-electron chi connectivity index (χ0n) is 22.5. The number of nitrogens with one attached hydrogen (secondary N) is 1. The molecule has 1 aliphatic carbocycles. The molecule has 212 valence electrons. The summed E-state index contributed by atoms with van der Waals surface area (Å²) in [7, 11) is 1.48. The van der Waals surface area contributed by atoms with Crippen molar-refractivity contribution in [1.29, 1.82) is 0 Å². The Morgan fingerprint density at radius 3 is 2.32 bits per heavy atom. The van der Waals surface area contributed by atoms with Crippen LogP contribution in [-0.4, -0.2) is 45.2 Å². The highest BCUT2D eigenvalue weighted by Gasteiger charge is 2.36. The summed E-state index contributed by atoms with van der Waals surface area (Å²) in [4.78, 5) is 30.5. The lowest BCUT2D eigenvalue weighted by Gasteiger charge is -2.34. The average Bonchev–Trinajstić information content (AvgIpc) is 3.45. The maximum atomic E-state index is 14.1. The number of aromatic nitrogens is 4. The van der Waals surface area contributed by atoms with Gasteiger partial charge in [-0.1, -0.05) is 43.5 Å². The first kappa shape index (κ1) is 27.9. The molecule has 0 unspecified atom stereocenters. The van der Waals surface area contributed by atoms with Gasteiger partial charge in [0.1, 0.15) is 30.0 Å². The van der Waals surface area contributed by atoms with E-state index in [9.17, 15) is 18.4 Å². The number of anilines is 1. The van der Waals surface area contributed by atoms with Gasteiger partial charge in [0.15, 0.2) is 0 Å². The van der Waals surface area contributed by atoms with Crippen LogP contribution in [0.4, 0.5) is 14.5 Å². The summed E-state index contributed by atoms with van der Waals surface area (Å²) in [5.41, 5.74) is 1.31. The van der Waals surface area contributed by atoms with Crippen LogP contribution < -0.4 is 15.0 Å². The number of carbonyl (C=O) groups excluding carboxylic acids is 2. The fraction of sp³-hybridized carbons (Fsp3) is 0.300. The molecule has 0 spiro atoms. The number of amides is 2. The molecule has 4 aromatic rings. The van der Waals surface area contributed by atoms with Crippen molar-refractivity contribution in [3.05, 3.63) is 90.0 Å². The molecule has 0 bridgehead atoms. The predicted octanol–water partition coefficient (Wildman–Crippen LogP) is 4.85. The van der Waals surface area contributed by atoms with Crippen LogP contribution in [0, 0.1) is 11.6 Å². The van der Waals surface area contributed by atoms with Gasteiger partial charge in [-0.05, 0) is 72.1 Å². The second-order valence-corrected chi connectivity index (χ2v) is 9.88. The van der Waals surface area contributed by atoms with Crippen molar-refractivity contribution in [2.24, 2.45) is 0 Å². The van der Waals surface area contributed by atoms with E-state index in [4.69, 9.17) is 4.74 Å². The van der Waals surface area contributed by atoms with Crippen molar-refractivity contribution >= 4 is 17.5 Å². The van der Waals surface area contributed by atoms with Crippen LogP contribution in [0.3, 0.4) is 0 Å². The molecule has 0 aliphatic heterocycles. The van der Waals surface area contributed by atoms with E-state index < -0.39 is 23.6 Å². The molecule has 1 N–H and O–H groups in total. The molecule has 0 radical (unpaired) electrons. The number of halogens is 2. The molecule has 0 saturated heterocycles. The van der Waals surface area contributed by atoms with Crippen molar-refractivity contribution in [3.63, 3.8) is 0 Å². The van der Waals surface area contributed by atoms with E-state index >= 15 is 0 Å². The minimum absolute atomic E-state index is 0.0240. The molecule has 1 fully saturated rings. The number of hydrogen-bond acceptors (Lipinski definition) is 6. The van der Waals surface area contributed by atoms with E-state index in [-0.39, 0.29) is 24.3 Å². The van der Waals surface area contributed by atoms with Crippen molar-refractivity contribution < 1.29 is 23.1 Å². The maximum absolute atomic E-state index is 14.1. The first-order valence-corrected chi connectivity index (χ1v) is 13.5. The molecule has 9 nitrogen and oxygen atoms in total. The van der Waals surface area contributed by atoms with Gasteiger partial charge < -0.3 is 10.1 Å². The topological polar surface area (TPSA) is 102 Å².